The standard InChI is InChI=1S/C51H38N2/c1-51(2)47-33-41(29-31-43(47)44-32-30-42(34-48(44)51)53-49-19-11-9-17-45(49)46-18-10-12-20-50(46)53)52(39-25-21-37(22-26-39)35-13-5-3-6-14-35)40-27-23-38(24-28-40)36-15-7-4-8-16-36/h3-34H,1-2H3. The van der Waals surface area contributed by atoms with Gasteiger partial charge in [-0.3, -0.25) is 0 Å². The molecule has 0 radical (unpaired) electrons. The Morgan fingerprint density at radius 3 is 1.32 bits per heavy atom. The van der Waals surface area contributed by atoms with E-state index in [1.807, 2.05) is 0 Å². The van der Waals surface area contributed by atoms with Crippen molar-refractivity contribution in [3.63, 3.8) is 0 Å². The van der Waals surface area contributed by atoms with Gasteiger partial charge in [-0.05, 0) is 105 Å². The van der Waals surface area contributed by atoms with Gasteiger partial charge in [-0.1, -0.05) is 147 Å². The fraction of sp³-hybridized carbons (Fsp3) is 0.0588. The molecule has 0 saturated carbocycles. The highest BCUT2D eigenvalue weighted by Crippen LogP contribution is 2.51. The molecule has 0 fully saturated rings. The molecule has 2 nitrogen and oxygen atoms in total. The predicted molar refractivity (Wildman–Crippen MR) is 224 cm³/mol. The Morgan fingerprint density at radius 2 is 0.792 bits per heavy atom. The van der Waals surface area contributed by atoms with Gasteiger partial charge < -0.3 is 9.47 Å². The summed E-state index contributed by atoms with van der Waals surface area (Å²) in [4.78, 5) is 2.40. The fourth-order valence-corrected chi connectivity index (χ4v) is 8.51. The number of hydrogen-bond donors (Lipinski definition) is 0. The topological polar surface area (TPSA) is 8.17 Å². The number of nitrogens with zero attached hydrogens (tertiary/aromatic N) is 2. The molecule has 0 bridgehead atoms. The number of para-hydroxylation sites is 2. The van der Waals surface area contributed by atoms with Crippen molar-refractivity contribution < 1.29 is 0 Å². The summed E-state index contributed by atoms with van der Waals surface area (Å²) in [5, 5.41) is 2.56. The normalized spacial score (nSPS) is 12.9. The monoisotopic (exact) mass is 678 g/mol. The Hall–Kier alpha value is -6.64. The van der Waals surface area contributed by atoms with Crippen LogP contribution in [0.15, 0.2) is 194 Å². The van der Waals surface area contributed by atoms with E-state index >= 15 is 0 Å². The van der Waals surface area contributed by atoms with Gasteiger partial charge in [0.05, 0.1) is 11.0 Å². The molecular weight excluding hydrogens is 641 g/mol. The predicted octanol–water partition coefficient (Wildman–Crippen LogP) is 13.9. The van der Waals surface area contributed by atoms with Crippen molar-refractivity contribution in [3.8, 4) is 39.1 Å². The second-order valence-electron chi connectivity index (χ2n) is 14.6. The molecule has 0 unspecified atom stereocenters. The number of benzene rings is 8. The molecule has 252 valence electrons. The molecule has 1 aliphatic carbocycles. The molecule has 0 aliphatic heterocycles. The van der Waals surface area contributed by atoms with E-state index in [0.29, 0.717) is 0 Å². The number of aromatic nitrogens is 1. The molecule has 1 aromatic heterocycles. The minimum Gasteiger partial charge on any atom is -0.310 e. The van der Waals surface area contributed by atoms with Crippen LogP contribution >= 0.6 is 0 Å². The average Bonchev–Trinajstić information content (AvgIpc) is 3.67. The highest BCUT2D eigenvalue weighted by Gasteiger charge is 2.36. The maximum atomic E-state index is 2.43. The van der Waals surface area contributed by atoms with Crippen LogP contribution in [0.3, 0.4) is 0 Å². The molecule has 9 aromatic rings. The molecule has 53 heavy (non-hydrogen) atoms. The molecule has 2 heteroatoms. The lowest BCUT2D eigenvalue weighted by atomic mass is 9.82. The largest absolute Gasteiger partial charge is 0.310 e. The van der Waals surface area contributed by atoms with Gasteiger partial charge >= 0.3 is 0 Å². The van der Waals surface area contributed by atoms with Crippen LogP contribution in [0.4, 0.5) is 17.1 Å². The third-order valence-corrected chi connectivity index (χ3v) is 11.2. The Morgan fingerprint density at radius 1 is 0.377 bits per heavy atom. The van der Waals surface area contributed by atoms with Crippen LogP contribution in [0.25, 0.3) is 60.9 Å². The van der Waals surface area contributed by atoms with Gasteiger partial charge in [-0.25, -0.2) is 0 Å². The maximum Gasteiger partial charge on any atom is 0.0541 e. The second kappa shape index (κ2) is 12.3. The van der Waals surface area contributed by atoms with Gasteiger partial charge in [0.2, 0.25) is 0 Å². The van der Waals surface area contributed by atoms with Crippen LogP contribution in [0.1, 0.15) is 25.0 Å². The summed E-state index contributed by atoms with van der Waals surface area (Å²) in [6.07, 6.45) is 0. The van der Waals surface area contributed by atoms with E-state index < -0.39 is 0 Å². The molecule has 0 spiro atoms. The van der Waals surface area contributed by atoms with Crippen molar-refractivity contribution in [2.45, 2.75) is 19.3 Å². The zero-order chi connectivity index (χ0) is 35.5. The first-order chi connectivity index (χ1) is 26.0. The second-order valence-corrected chi connectivity index (χ2v) is 14.6. The van der Waals surface area contributed by atoms with Crippen LogP contribution in [-0.4, -0.2) is 4.57 Å². The molecule has 0 atom stereocenters. The van der Waals surface area contributed by atoms with E-state index in [0.717, 1.165) is 17.1 Å². The quantitative estimate of drug-likeness (QED) is 0.170. The summed E-state index contributed by atoms with van der Waals surface area (Å²) in [6.45, 7) is 4.76. The van der Waals surface area contributed by atoms with Crippen LogP contribution in [0, 0.1) is 0 Å². The summed E-state index contributed by atoms with van der Waals surface area (Å²) >= 11 is 0. The van der Waals surface area contributed by atoms with Crippen molar-refractivity contribution in [3.05, 3.63) is 205 Å². The summed E-state index contributed by atoms with van der Waals surface area (Å²) in [5.41, 5.74) is 17.0. The third-order valence-electron chi connectivity index (χ3n) is 11.2. The first kappa shape index (κ1) is 31.1. The Labute approximate surface area is 310 Å². The molecular formula is C51H38N2. The lowest BCUT2D eigenvalue weighted by molar-refractivity contribution is 0.660. The van der Waals surface area contributed by atoms with Crippen LogP contribution in [-0.2, 0) is 5.41 Å². The van der Waals surface area contributed by atoms with Crippen LogP contribution < -0.4 is 4.90 Å². The van der Waals surface area contributed by atoms with E-state index in [1.54, 1.807) is 0 Å². The van der Waals surface area contributed by atoms with Gasteiger partial charge in [0, 0.05) is 38.9 Å². The first-order valence-corrected chi connectivity index (χ1v) is 18.4. The number of rotatable bonds is 6. The Kier molecular flexibility index (Phi) is 7.19. The molecule has 10 rings (SSSR count). The van der Waals surface area contributed by atoms with Crippen LogP contribution in [0.5, 0.6) is 0 Å². The van der Waals surface area contributed by atoms with Crippen molar-refractivity contribution >= 4 is 38.9 Å². The maximum absolute atomic E-state index is 2.43. The summed E-state index contributed by atoms with van der Waals surface area (Å²) in [5.74, 6) is 0. The van der Waals surface area contributed by atoms with Gasteiger partial charge in [-0.15, -0.1) is 0 Å². The van der Waals surface area contributed by atoms with Crippen LogP contribution in [0.2, 0.25) is 0 Å². The molecule has 0 saturated heterocycles. The molecule has 0 amide bonds. The highest BCUT2D eigenvalue weighted by atomic mass is 15.1. The highest BCUT2D eigenvalue weighted by molar-refractivity contribution is 6.09. The number of anilines is 3. The van der Waals surface area contributed by atoms with Gasteiger partial charge in [0.1, 0.15) is 0 Å². The molecule has 8 aromatic carbocycles. The number of fused-ring (bicyclic) bond motifs is 6. The fourth-order valence-electron chi connectivity index (χ4n) is 8.51. The minimum absolute atomic E-state index is 0.199. The molecule has 1 aliphatic rings. The SMILES string of the molecule is CC1(C)c2cc(N(c3ccc(-c4ccccc4)cc3)c3ccc(-c4ccccc4)cc3)ccc2-c2ccc(-n3c4ccccc4c4ccccc43)cc21. The van der Waals surface area contributed by atoms with Crippen molar-refractivity contribution in [1.29, 1.82) is 0 Å². The lowest BCUT2D eigenvalue weighted by Crippen LogP contribution is -2.17. The zero-order valence-corrected chi connectivity index (χ0v) is 29.9. The smallest absolute Gasteiger partial charge is 0.0541 e. The van der Waals surface area contributed by atoms with Gasteiger partial charge in [0.15, 0.2) is 0 Å². The lowest BCUT2D eigenvalue weighted by Gasteiger charge is -2.28. The third kappa shape index (κ3) is 5.10. The van der Waals surface area contributed by atoms with E-state index in [1.165, 1.54) is 72.0 Å². The first-order valence-electron chi connectivity index (χ1n) is 18.4. The van der Waals surface area contributed by atoms with Gasteiger partial charge in [-0.2, -0.15) is 0 Å². The van der Waals surface area contributed by atoms with E-state index in [-0.39, 0.29) is 5.41 Å². The summed E-state index contributed by atoms with van der Waals surface area (Å²) in [7, 11) is 0. The summed E-state index contributed by atoms with van der Waals surface area (Å²) in [6, 6.07) is 70.7. The molecule has 0 N–H and O–H groups in total. The summed E-state index contributed by atoms with van der Waals surface area (Å²) < 4.78 is 2.43. The zero-order valence-electron chi connectivity index (χ0n) is 29.9. The Bertz CT molecular complexity index is 2640. The van der Waals surface area contributed by atoms with E-state index in [2.05, 4.69) is 217 Å². The minimum atomic E-state index is -0.199. The van der Waals surface area contributed by atoms with Crippen molar-refractivity contribution in [2.24, 2.45) is 0 Å². The van der Waals surface area contributed by atoms with Gasteiger partial charge in [0.25, 0.3) is 0 Å². The molecule has 1 heterocycles. The van der Waals surface area contributed by atoms with Crippen molar-refractivity contribution in [2.75, 3.05) is 4.90 Å². The van der Waals surface area contributed by atoms with Crippen molar-refractivity contribution in [1.82, 2.24) is 4.57 Å². The average molecular weight is 679 g/mol. The van der Waals surface area contributed by atoms with E-state index in [9.17, 15) is 0 Å². The Balaban J connectivity index is 1.08. The van der Waals surface area contributed by atoms with E-state index in [4.69, 9.17) is 0 Å². The number of hydrogen-bond acceptors (Lipinski definition) is 1.